The fourth-order valence-corrected chi connectivity index (χ4v) is 2.20. The van der Waals surface area contributed by atoms with Crippen LogP contribution in [-0.4, -0.2) is 47.6 Å². The number of rotatable bonds is 10. The van der Waals surface area contributed by atoms with Crippen molar-refractivity contribution in [1.82, 2.24) is 10.6 Å². The number of halogens is 1. The van der Waals surface area contributed by atoms with Gasteiger partial charge in [0.25, 0.3) is 0 Å². The highest BCUT2D eigenvalue weighted by molar-refractivity contribution is 5.94. The molecule has 0 spiro atoms. The fourth-order valence-electron chi connectivity index (χ4n) is 2.20. The molecule has 27 heavy (non-hydrogen) atoms. The summed E-state index contributed by atoms with van der Waals surface area (Å²) in [5, 5.41) is 13.4. The Hall–Kier alpha value is -2.97. The third-order valence-corrected chi connectivity index (χ3v) is 3.65. The lowest BCUT2D eigenvalue weighted by Crippen LogP contribution is -2.54. The second-order valence-electron chi connectivity index (χ2n) is 6.19. The van der Waals surface area contributed by atoms with Crippen molar-refractivity contribution >= 4 is 23.8 Å². The largest absolute Gasteiger partial charge is 0.481 e. The number of carboxylic acids is 1. The molecule has 148 valence electrons. The molecular weight excluding hydrogens is 359 g/mol. The molecule has 0 aromatic heterocycles. The molecule has 1 aromatic rings. The molecule has 2 amide bonds. The average Bonchev–Trinajstić information content (AvgIpc) is 2.63. The average molecular weight is 382 g/mol. The van der Waals surface area contributed by atoms with Crippen LogP contribution in [0.4, 0.5) is 9.18 Å². The molecular formula is C18H23FN2O6. The van der Waals surface area contributed by atoms with Gasteiger partial charge in [0.1, 0.15) is 25.4 Å². The van der Waals surface area contributed by atoms with E-state index in [2.05, 4.69) is 10.6 Å². The van der Waals surface area contributed by atoms with Gasteiger partial charge in [0.15, 0.2) is 5.78 Å². The molecule has 0 radical (unpaired) electrons. The third kappa shape index (κ3) is 7.85. The van der Waals surface area contributed by atoms with Crippen LogP contribution >= 0.6 is 0 Å². The molecule has 0 aliphatic rings. The van der Waals surface area contributed by atoms with E-state index in [1.165, 1.54) is 0 Å². The van der Waals surface area contributed by atoms with Gasteiger partial charge in [-0.25, -0.2) is 9.18 Å². The van der Waals surface area contributed by atoms with E-state index in [-0.39, 0.29) is 12.5 Å². The van der Waals surface area contributed by atoms with Gasteiger partial charge in [-0.1, -0.05) is 44.2 Å². The fraction of sp³-hybridized carbons (Fsp3) is 0.444. The Kier molecular flexibility index (Phi) is 8.91. The maximum absolute atomic E-state index is 12.6. The highest BCUT2D eigenvalue weighted by Crippen LogP contribution is 2.06. The van der Waals surface area contributed by atoms with E-state index in [0.29, 0.717) is 0 Å². The quantitative estimate of drug-likeness (QED) is 0.563. The SMILES string of the molecule is CC(C)C(NC(=O)OCc1ccccc1)C(=O)NC(CC(=O)O)C(=O)CF. The van der Waals surface area contributed by atoms with Crippen molar-refractivity contribution in [2.75, 3.05) is 6.67 Å². The van der Waals surface area contributed by atoms with Crippen LogP contribution in [0.5, 0.6) is 0 Å². The number of ketones is 1. The first-order valence-electron chi connectivity index (χ1n) is 8.32. The number of carbonyl (C=O) groups excluding carboxylic acids is 3. The van der Waals surface area contributed by atoms with Crippen LogP contribution in [0.15, 0.2) is 30.3 Å². The smallest absolute Gasteiger partial charge is 0.408 e. The van der Waals surface area contributed by atoms with E-state index in [0.717, 1.165) is 5.56 Å². The van der Waals surface area contributed by atoms with Gasteiger partial charge in [-0.2, -0.15) is 0 Å². The maximum atomic E-state index is 12.6. The van der Waals surface area contributed by atoms with Gasteiger partial charge >= 0.3 is 12.1 Å². The zero-order valence-corrected chi connectivity index (χ0v) is 15.1. The van der Waals surface area contributed by atoms with E-state index in [1.807, 2.05) is 6.07 Å². The van der Waals surface area contributed by atoms with Gasteiger partial charge in [-0.3, -0.25) is 14.4 Å². The predicted molar refractivity (Wildman–Crippen MR) is 93.6 cm³/mol. The number of carboxylic acid groups (broad SMARTS) is 1. The Bertz CT molecular complexity index is 665. The Labute approximate surface area is 156 Å². The summed E-state index contributed by atoms with van der Waals surface area (Å²) in [5.74, 6) is -3.60. The third-order valence-electron chi connectivity index (χ3n) is 3.65. The van der Waals surface area contributed by atoms with Crippen LogP contribution in [0, 0.1) is 5.92 Å². The Balaban J connectivity index is 2.69. The van der Waals surface area contributed by atoms with E-state index in [1.54, 1.807) is 38.1 Å². The molecule has 2 unspecified atom stereocenters. The zero-order valence-electron chi connectivity index (χ0n) is 15.1. The number of hydrogen-bond acceptors (Lipinski definition) is 5. The normalized spacial score (nSPS) is 12.7. The monoisotopic (exact) mass is 382 g/mol. The van der Waals surface area contributed by atoms with Crippen LogP contribution in [-0.2, 0) is 25.7 Å². The summed E-state index contributed by atoms with van der Waals surface area (Å²) in [6.45, 7) is 1.88. The van der Waals surface area contributed by atoms with Crippen molar-refractivity contribution in [3.05, 3.63) is 35.9 Å². The number of amides is 2. The van der Waals surface area contributed by atoms with E-state index >= 15 is 0 Å². The van der Waals surface area contributed by atoms with Crippen molar-refractivity contribution in [2.45, 2.75) is 39.0 Å². The van der Waals surface area contributed by atoms with Crippen LogP contribution in [0.3, 0.4) is 0 Å². The number of aliphatic carboxylic acids is 1. The molecule has 0 saturated heterocycles. The summed E-state index contributed by atoms with van der Waals surface area (Å²) in [4.78, 5) is 46.6. The van der Waals surface area contributed by atoms with Gasteiger partial charge in [0.2, 0.25) is 5.91 Å². The van der Waals surface area contributed by atoms with Crippen LogP contribution in [0.2, 0.25) is 0 Å². The van der Waals surface area contributed by atoms with E-state index in [4.69, 9.17) is 9.84 Å². The molecule has 0 bridgehead atoms. The van der Waals surface area contributed by atoms with Gasteiger partial charge in [-0.15, -0.1) is 0 Å². The molecule has 1 aromatic carbocycles. The van der Waals surface area contributed by atoms with Crippen molar-refractivity contribution < 1.29 is 33.4 Å². The van der Waals surface area contributed by atoms with Crippen LogP contribution in [0.1, 0.15) is 25.8 Å². The molecule has 0 fully saturated rings. The minimum atomic E-state index is -1.51. The molecule has 0 aliphatic carbocycles. The van der Waals surface area contributed by atoms with E-state index in [9.17, 15) is 23.6 Å². The van der Waals surface area contributed by atoms with Crippen molar-refractivity contribution in [3.63, 3.8) is 0 Å². The topological polar surface area (TPSA) is 122 Å². The maximum Gasteiger partial charge on any atom is 0.408 e. The number of hydrogen-bond donors (Lipinski definition) is 3. The van der Waals surface area contributed by atoms with Gasteiger partial charge in [0, 0.05) is 0 Å². The number of alkyl carbamates (subject to hydrolysis) is 1. The first kappa shape index (κ1) is 22.1. The van der Waals surface area contributed by atoms with Crippen molar-refractivity contribution in [1.29, 1.82) is 0 Å². The lowest BCUT2D eigenvalue weighted by atomic mass is 10.0. The van der Waals surface area contributed by atoms with Crippen molar-refractivity contribution in [2.24, 2.45) is 5.92 Å². The first-order valence-corrected chi connectivity index (χ1v) is 8.32. The van der Waals surface area contributed by atoms with Crippen molar-refractivity contribution in [3.8, 4) is 0 Å². The predicted octanol–water partition coefficient (Wildman–Crippen LogP) is 1.44. The molecule has 1 rings (SSSR count). The molecule has 0 aliphatic heterocycles. The highest BCUT2D eigenvalue weighted by Gasteiger charge is 2.30. The summed E-state index contributed by atoms with van der Waals surface area (Å²) in [5.41, 5.74) is 0.758. The number of carbonyl (C=O) groups is 4. The number of Topliss-reactive ketones (excluding diaryl/α,β-unsaturated/α-hetero) is 1. The molecule has 2 atom stereocenters. The molecule has 9 heteroatoms. The Morgan fingerprint density at radius 2 is 1.74 bits per heavy atom. The lowest BCUT2D eigenvalue weighted by molar-refractivity contribution is -0.140. The second kappa shape index (κ2) is 10.9. The Morgan fingerprint density at radius 1 is 1.11 bits per heavy atom. The number of nitrogens with one attached hydrogen (secondary N) is 2. The Morgan fingerprint density at radius 3 is 2.26 bits per heavy atom. The van der Waals surface area contributed by atoms with Crippen LogP contribution in [0.25, 0.3) is 0 Å². The minimum absolute atomic E-state index is 0.00108. The highest BCUT2D eigenvalue weighted by atomic mass is 19.1. The standard InChI is InChI=1S/C18H23FN2O6/c1-11(2)16(17(25)20-13(8-15(23)24)14(22)9-19)21-18(26)27-10-12-6-4-3-5-7-12/h3-7,11,13,16H,8-10H2,1-2H3,(H,20,25)(H,21,26)(H,23,24). The molecule has 3 N–H and O–H groups in total. The molecule has 0 heterocycles. The number of ether oxygens (including phenoxy) is 1. The minimum Gasteiger partial charge on any atom is -0.481 e. The van der Waals surface area contributed by atoms with E-state index < -0.39 is 48.9 Å². The summed E-state index contributed by atoms with van der Waals surface area (Å²) in [7, 11) is 0. The zero-order chi connectivity index (χ0) is 20.4. The van der Waals surface area contributed by atoms with Gasteiger partial charge in [-0.05, 0) is 11.5 Å². The second-order valence-corrected chi connectivity index (χ2v) is 6.19. The lowest BCUT2D eigenvalue weighted by Gasteiger charge is -2.24. The summed E-state index contributed by atoms with van der Waals surface area (Å²) in [6, 6.07) is 6.31. The number of benzene rings is 1. The first-order chi connectivity index (χ1) is 12.7. The van der Waals surface area contributed by atoms with Gasteiger partial charge in [0.05, 0.1) is 6.42 Å². The summed E-state index contributed by atoms with van der Waals surface area (Å²) in [6.07, 6.45) is -1.60. The summed E-state index contributed by atoms with van der Waals surface area (Å²) < 4.78 is 17.6. The molecule has 8 nitrogen and oxygen atoms in total. The number of alkyl halides is 1. The summed E-state index contributed by atoms with van der Waals surface area (Å²) >= 11 is 0. The molecule has 0 saturated carbocycles. The van der Waals surface area contributed by atoms with Crippen LogP contribution < -0.4 is 10.6 Å². The van der Waals surface area contributed by atoms with Gasteiger partial charge < -0.3 is 20.5 Å².